The minimum absolute atomic E-state index is 0.0544. The molecule has 3 aliphatic heterocycles. The highest BCUT2D eigenvalue weighted by Gasteiger charge is 2.59. The van der Waals surface area contributed by atoms with Crippen LogP contribution < -0.4 is 5.32 Å². The van der Waals surface area contributed by atoms with Crippen LogP contribution in [0.25, 0.3) is 0 Å². The number of carbonyl (C=O) groups is 1. The third-order valence-corrected chi connectivity index (χ3v) is 13.4. The van der Waals surface area contributed by atoms with E-state index >= 15 is 0 Å². The topological polar surface area (TPSA) is 192 Å². The van der Waals surface area contributed by atoms with Gasteiger partial charge in [0.2, 0.25) is 0 Å². The van der Waals surface area contributed by atoms with Crippen molar-refractivity contribution in [1.29, 1.82) is 0 Å². The van der Waals surface area contributed by atoms with E-state index in [0.29, 0.717) is 26.1 Å². The van der Waals surface area contributed by atoms with Gasteiger partial charge in [-0.2, -0.15) is 0 Å². The summed E-state index contributed by atoms with van der Waals surface area (Å²) in [5.74, 6) is -2.74. The predicted octanol–water partition coefficient (Wildman–Crippen LogP) is 2.60. The Balaban J connectivity index is 2.18. The Morgan fingerprint density at radius 2 is 1.56 bits per heavy atom. The van der Waals surface area contributed by atoms with Crippen molar-refractivity contribution in [2.45, 2.75) is 185 Å². The number of hydrogen-bond donors (Lipinski definition) is 6. The summed E-state index contributed by atoms with van der Waals surface area (Å²) in [5.41, 5.74) is -6.14. The zero-order chi connectivity index (χ0) is 44.8. The van der Waals surface area contributed by atoms with E-state index in [-0.39, 0.29) is 43.9 Å². The SMILES string of the molecule is C=CCN(CC=C)C[C@@]1(O)[C@H](C)O[C@@H](O[C@H]2[C@H](C)[C@@H](O[C@@H]3O[C@H](C)C[C@H](N(C)C)[C@H]3O)[C@@](C)(O)C[C@@H](C)CN[C@H](C)[C@@H](O)[C@](C)(O)[C@@H](CC)OC(=O)[C@@H]2C)C[C@@]1(C)OC. The Hall–Kier alpha value is -1.57. The molecule has 0 bridgehead atoms. The molecular formula is C44H81N3O12. The van der Waals surface area contributed by atoms with Crippen molar-refractivity contribution in [1.82, 2.24) is 15.1 Å². The van der Waals surface area contributed by atoms with Gasteiger partial charge in [0.25, 0.3) is 0 Å². The van der Waals surface area contributed by atoms with Crippen LogP contribution in [0.4, 0.5) is 0 Å². The molecule has 3 aliphatic rings. The summed E-state index contributed by atoms with van der Waals surface area (Å²) in [6.07, 6.45) is -4.37. The maximum atomic E-state index is 14.4. The monoisotopic (exact) mass is 844 g/mol. The van der Waals surface area contributed by atoms with Crippen molar-refractivity contribution < 1.29 is 58.7 Å². The van der Waals surface area contributed by atoms with Crippen LogP contribution in [0.3, 0.4) is 0 Å². The molecule has 15 nitrogen and oxygen atoms in total. The summed E-state index contributed by atoms with van der Waals surface area (Å²) < 4.78 is 38.6. The van der Waals surface area contributed by atoms with Crippen LogP contribution in [0.1, 0.15) is 94.9 Å². The van der Waals surface area contributed by atoms with Crippen LogP contribution in [0.5, 0.6) is 0 Å². The number of methoxy groups -OCH3 is 1. The molecule has 59 heavy (non-hydrogen) atoms. The molecule has 0 aromatic rings. The van der Waals surface area contributed by atoms with Gasteiger partial charge in [-0.25, -0.2) is 0 Å². The summed E-state index contributed by atoms with van der Waals surface area (Å²) >= 11 is 0. The molecule has 344 valence electrons. The Labute approximate surface area is 354 Å². The van der Waals surface area contributed by atoms with Gasteiger partial charge in [0, 0.05) is 51.2 Å². The molecule has 3 saturated heterocycles. The minimum Gasteiger partial charge on any atom is -0.459 e. The first kappa shape index (κ1) is 51.8. The molecule has 3 heterocycles. The lowest BCUT2D eigenvalue weighted by Gasteiger charge is -2.54. The van der Waals surface area contributed by atoms with Crippen LogP contribution in [-0.4, -0.2) is 178 Å². The molecule has 0 spiro atoms. The van der Waals surface area contributed by atoms with Gasteiger partial charge in [-0.1, -0.05) is 32.9 Å². The molecule has 18 atom stereocenters. The van der Waals surface area contributed by atoms with Crippen molar-refractivity contribution in [3.05, 3.63) is 25.3 Å². The lowest BCUT2D eigenvalue weighted by molar-refractivity contribution is -0.339. The van der Waals surface area contributed by atoms with Gasteiger partial charge in [0.05, 0.1) is 35.9 Å². The van der Waals surface area contributed by atoms with Crippen molar-refractivity contribution in [2.75, 3.05) is 47.4 Å². The van der Waals surface area contributed by atoms with E-state index < -0.39 is 95.5 Å². The summed E-state index contributed by atoms with van der Waals surface area (Å²) in [5, 5.41) is 63.0. The van der Waals surface area contributed by atoms with E-state index in [4.69, 9.17) is 28.4 Å². The van der Waals surface area contributed by atoms with Gasteiger partial charge < -0.3 is 64.2 Å². The van der Waals surface area contributed by atoms with Gasteiger partial charge in [-0.05, 0) is 94.3 Å². The zero-order valence-corrected chi connectivity index (χ0v) is 38.3. The van der Waals surface area contributed by atoms with E-state index in [9.17, 15) is 30.3 Å². The highest BCUT2D eigenvalue weighted by atomic mass is 16.7. The van der Waals surface area contributed by atoms with E-state index in [1.807, 2.05) is 44.7 Å². The number of likely N-dealkylation sites (N-methyl/N-ethyl adjacent to an activating group) is 1. The first-order valence-corrected chi connectivity index (χ1v) is 21.6. The largest absolute Gasteiger partial charge is 0.459 e. The third-order valence-electron chi connectivity index (χ3n) is 13.4. The maximum Gasteiger partial charge on any atom is 0.311 e. The molecule has 6 N–H and O–H groups in total. The summed E-state index contributed by atoms with van der Waals surface area (Å²) in [6.45, 7) is 26.8. The maximum absolute atomic E-state index is 14.4. The summed E-state index contributed by atoms with van der Waals surface area (Å²) in [6, 6.07) is -0.900. The zero-order valence-electron chi connectivity index (χ0n) is 38.3. The molecule has 0 aliphatic carbocycles. The first-order valence-electron chi connectivity index (χ1n) is 21.6. The number of ether oxygens (including phenoxy) is 6. The van der Waals surface area contributed by atoms with Gasteiger partial charge >= 0.3 is 5.97 Å². The van der Waals surface area contributed by atoms with Crippen LogP contribution in [-0.2, 0) is 33.2 Å². The van der Waals surface area contributed by atoms with Crippen molar-refractivity contribution in [3.8, 4) is 0 Å². The first-order chi connectivity index (χ1) is 27.3. The lowest BCUT2D eigenvalue weighted by Crippen LogP contribution is -2.70. The van der Waals surface area contributed by atoms with Crippen LogP contribution in [0, 0.1) is 17.8 Å². The Kier molecular flexibility index (Phi) is 18.6. The molecule has 0 unspecified atom stereocenters. The fraction of sp³-hybridized carbons (Fsp3) is 0.886. The van der Waals surface area contributed by atoms with Crippen LogP contribution in [0.2, 0.25) is 0 Å². The summed E-state index contributed by atoms with van der Waals surface area (Å²) in [7, 11) is 5.29. The number of aliphatic hydroxyl groups excluding tert-OH is 2. The Morgan fingerprint density at radius 3 is 2.10 bits per heavy atom. The van der Waals surface area contributed by atoms with Crippen molar-refractivity contribution in [2.24, 2.45) is 17.8 Å². The average Bonchev–Trinajstić information content (AvgIpc) is 3.15. The second-order valence-corrected chi connectivity index (χ2v) is 18.8. The summed E-state index contributed by atoms with van der Waals surface area (Å²) in [4.78, 5) is 18.3. The highest BCUT2D eigenvalue weighted by molar-refractivity contribution is 5.73. The Morgan fingerprint density at radius 1 is 0.949 bits per heavy atom. The number of nitrogens with zero attached hydrogens (tertiary/aromatic N) is 2. The van der Waals surface area contributed by atoms with E-state index in [1.165, 1.54) is 14.0 Å². The molecule has 0 aromatic heterocycles. The van der Waals surface area contributed by atoms with Crippen molar-refractivity contribution in [3.63, 3.8) is 0 Å². The van der Waals surface area contributed by atoms with E-state index in [2.05, 4.69) is 18.5 Å². The van der Waals surface area contributed by atoms with Gasteiger partial charge in [-0.3, -0.25) is 9.69 Å². The van der Waals surface area contributed by atoms with E-state index in [1.54, 1.807) is 53.7 Å². The number of cyclic esters (lactones) is 1. The minimum atomic E-state index is -1.83. The third kappa shape index (κ3) is 11.9. The smallest absolute Gasteiger partial charge is 0.311 e. The second kappa shape index (κ2) is 21.2. The van der Waals surface area contributed by atoms with Crippen LogP contribution in [0.15, 0.2) is 25.3 Å². The number of rotatable bonds is 13. The second-order valence-electron chi connectivity index (χ2n) is 18.8. The molecule has 0 amide bonds. The predicted molar refractivity (Wildman–Crippen MR) is 225 cm³/mol. The fourth-order valence-electron chi connectivity index (χ4n) is 9.63. The van der Waals surface area contributed by atoms with E-state index in [0.717, 1.165) is 0 Å². The number of nitrogens with one attached hydrogen (secondary N) is 1. The van der Waals surface area contributed by atoms with Gasteiger partial charge in [0.15, 0.2) is 12.6 Å². The van der Waals surface area contributed by atoms with Crippen LogP contribution >= 0.6 is 0 Å². The molecule has 3 fully saturated rings. The average molecular weight is 844 g/mol. The molecule has 15 heteroatoms. The number of hydrogen-bond acceptors (Lipinski definition) is 15. The quantitative estimate of drug-likeness (QED) is 0.117. The van der Waals surface area contributed by atoms with Gasteiger partial charge in [-0.15, -0.1) is 13.2 Å². The molecule has 0 saturated carbocycles. The standard InChI is InChI=1S/C44H81N3O12/c1-16-19-47(20-17-2)25-44(53)31(9)56-34(23-42(44,11)54-15)58-36-28(6)38(59-40-35(48)32(46(13)14)21-27(5)55-40)41(10,51)22-26(4)24-45-30(8)37(49)43(12,52)33(18-3)57-39(50)29(36)7/h16-17,26-38,40,45,48-49,51-53H,1-2,18-25H2,3-15H3/t26-,27-,28+,29-,30-,31+,32+,33-,34+,35-,36+,37-,38-,40+,41+,42-,43-,44-/m1/s1. The normalized spacial score (nSPS) is 46.0. The molecule has 3 rings (SSSR count). The number of esters is 1. The highest BCUT2D eigenvalue weighted by Crippen LogP contribution is 2.44. The lowest BCUT2D eigenvalue weighted by atomic mass is 9.74. The molecule has 0 aromatic carbocycles. The number of aliphatic hydroxyl groups is 5. The van der Waals surface area contributed by atoms with Crippen molar-refractivity contribution >= 4 is 5.97 Å². The number of carbonyl (C=O) groups excluding carboxylic acids is 1. The van der Waals surface area contributed by atoms with Gasteiger partial charge in [0.1, 0.15) is 35.1 Å². The molecular weight excluding hydrogens is 762 g/mol. The Bertz CT molecular complexity index is 1340. The molecule has 0 radical (unpaired) electrons. The fourth-order valence-corrected chi connectivity index (χ4v) is 9.63.